The molecule has 4 rings (SSSR count). The molecular weight excluding hydrogens is 413 g/mol. The van der Waals surface area contributed by atoms with Gasteiger partial charge in [0.15, 0.2) is 0 Å². The molecule has 2 heterocycles. The molecule has 5 atom stereocenters. The van der Waals surface area contributed by atoms with Gasteiger partial charge in [-0.1, -0.05) is 6.92 Å². The minimum Gasteiger partial charge on any atom is -0.396 e. The van der Waals surface area contributed by atoms with E-state index in [9.17, 15) is 27.2 Å². The third-order valence-electron chi connectivity index (χ3n) is 6.34. The second-order valence-corrected chi connectivity index (χ2v) is 8.32. The number of halogens is 5. The summed E-state index contributed by atoms with van der Waals surface area (Å²) >= 11 is 0. The van der Waals surface area contributed by atoms with E-state index >= 15 is 4.39 Å². The summed E-state index contributed by atoms with van der Waals surface area (Å²) in [4.78, 5) is 28.1. The summed E-state index contributed by atoms with van der Waals surface area (Å²) in [5.74, 6) is -3.29. The zero-order chi connectivity index (χ0) is 22.1. The van der Waals surface area contributed by atoms with Crippen LogP contribution < -0.4 is 22.7 Å². The molecule has 0 radical (unpaired) electrons. The second kappa shape index (κ2) is 6.91. The third-order valence-corrected chi connectivity index (χ3v) is 6.34. The van der Waals surface area contributed by atoms with Crippen molar-refractivity contribution in [1.29, 1.82) is 0 Å². The molecule has 0 amide bonds. The van der Waals surface area contributed by atoms with Crippen LogP contribution in [0.2, 0.25) is 0 Å². The van der Waals surface area contributed by atoms with Gasteiger partial charge in [0.1, 0.15) is 18.0 Å². The molecule has 1 aromatic heterocycles. The van der Waals surface area contributed by atoms with Gasteiger partial charge in [-0.05, 0) is 12.8 Å². The fourth-order valence-electron chi connectivity index (χ4n) is 4.72. The number of likely N-dealkylation sites (tertiary alicyclic amines) is 1. The summed E-state index contributed by atoms with van der Waals surface area (Å²) in [6.45, 7) is 0.664. The second-order valence-electron chi connectivity index (χ2n) is 8.32. The van der Waals surface area contributed by atoms with E-state index in [1.165, 1.54) is 9.47 Å². The van der Waals surface area contributed by atoms with Crippen LogP contribution in [-0.4, -0.2) is 52.0 Å². The molecule has 0 bridgehead atoms. The number of hydrogen-bond donors (Lipinski definition) is 3. The van der Waals surface area contributed by atoms with Crippen molar-refractivity contribution in [3.8, 4) is 0 Å². The summed E-state index contributed by atoms with van der Waals surface area (Å²) < 4.78 is 70.1. The molecule has 0 aromatic carbocycles. The van der Waals surface area contributed by atoms with E-state index in [4.69, 9.17) is 11.5 Å². The van der Waals surface area contributed by atoms with Gasteiger partial charge >= 0.3 is 11.9 Å². The van der Waals surface area contributed by atoms with Crippen molar-refractivity contribution in [2.45, 2.75) is 56.2 Å². The highest BCUT2D eigenvalue weighted by molar-refractivity contribution is 5.70. The number of nitrogens with one attached hydrogen (secondary N) is 1. The Kier molecular flexibility index (Phi) is 4.84. The number of fused-ring (bicyclic) bond motifs is 1. The molecule has 1 saturated heterocycles. The number of H-pyrrole nitrogens is 1. The maximum atomic E-state index is 15.2. The number of aromatic nitrogens is 2. The lowest BCUT2D eigenvalue weighted by Crippen LogP contribution is -2.49. The van der Waals surface area contributed by atoms with E-state index in [1.807, 2.05) is 0 Å². The van der Waals surface area contributed by atoms with Crippen molar-refractivity contribution in [3.63, 3.8) is 0 Å². The molecule has 30 heavy (non-hydrogen) atoms. The normalized spacial score (nSPS) is 31.2. The summed E-state index contributed by atoms with van der Waals surface area (Å²) in [7, 11) is 0. The van der Waals surface area contributed by atoms with Crippen LogP contribution in [0.1, 0.15) is 43.0 Å². The maximum Gasteiger partial charge on any atom is 0.404 e. The lowest BCUT2D eigenvalue weighted by Gasteiger charge is -2.37. The minimum atomic E-state index is -4.79. The van der Waals surface area contributed by atoms with E-state index in [0.717, 1.165) is 0 Å². The topological polar surface area (TPSA) is 110 Å². The zero-order valence-electron chi connectivity index (χ0n) is 16.0. The van der Waals surface area contributed by atoms with Crippen LogP contribution in [0.5, 0.6) is 0 Å². The molecule has 5 N–H and O–H groups in total. The summed E-state index contributed by atoms with van der Waals surface area (Å²) in [5, 5.41) is 0. The summed E-state index contributed by atoms with van der Waals surface area (Å²) in [5.41, 5.74) is 9.22. The molecule has 166 valence electrons. The van der Waals surface area contributed by atoms with Crippen molar-refractivity contribution >= 4 is 5.70 Å². The highest BCUT2D eigenvalue weighted by Crippen LogP contribution is 2.44. The standard InChI is InChI=1S/C18H22F5N5O2/c1-6-13-10(16(29)26-17(30)28(13)7-2-3-7)12(24)11(20)14(6)27-4-8(9(19)5-27)15(25)18(21,22)23/h6-9,14-15H,2-5,24-25H2,1H3,(H,26,29,30). The first-order chi connectivity index (χ1) is 13.9. The van der Waals surface area contributed by atoms with Crippen LogP contribution in [0.15, 0.2) is 15.4 Å². The maximum absolute atomic E-state index is 15.2. The third kappa shape index (κ3) is 3.16. The van der Waals surface area contributed by atoms with E-state index in [-0.39, 0.29) is 17.3 Å². The molecule has 1 saturated carbocycles. The molecule has 5 unspecified atom stereocenters. The van der Waals surface area contributed by atoms with Gasteiger partial charge in [0.25, 0.3) is 5.56 Å². The van der Waals surface area contributed by atoms with E-state index in [1.54, 1.807) is 6.92 Å². The monoisotopic (exact) mass is 435 g/mol. The molecule has 1 aliphatic heterocycles. The average Bonchev–Trinajstić information content (AvgIpc) is 3.40. The van der Waals surface area contributed by atoms with Crippen molar-refractivity contribution in [3.05, 3.63) is 37.9 Å². The van der Waals surface area contributed by atoms with Gasteiger partial charge in [0.05, 0.1) is 17.3 Å². The number of rotatable bonds is 3. The predicted molar refractivity (Wildman–Crippen MR) is 98.0 cm³/mol. The largest absolute Gasteiger partial charge is 0.404 e. The van der Waals surface area contributed by atoms with Crippen molar-refractivity contribution < 1.29 is 22.0 Å². The van der Waals surface area contributed by atoms with Gasteiger partial charge in [-0.2, -0.15) is 13.2 Å². The smallest absolute Gasteiger partial charge is 0.396 e. The summed E-state index contributed by atoms with van der Waals surface area (Å²) in [6.07, 6.45) is -5.31. The van der Waals surface area contributed by atoms with Crippen molar-refractivity contribution in [2.75, 3.05) is 13.1 Å². The first kappa shape index (κ1) is 21.0. The van der Waals surface area contributed by atoms with Crippen LogP contribution in [0.3, 0.4) is 0 Å². The number of nitrogens with two attached hydrogens (primary N) is 2. The highest BCUT2D eigenvalue weighted by atomic mass is 19.4. The zero-order valence-corrected chi connectivity index (χ0v) is 16.0. The Labute approximate surface area is 167 Å². The fourth-order valence-corrected chi connectivity index (χ4v) is 4.72. The average molecular weight is 435 g/mol. The first-order valence-electron chi connectivity index (χ1n) is 9.68. The Hall–Kier alpha value is -2.21. The lowest BCUT2D eigenvalue weighted by molar-refractivity contribution is -0.161. The molecule has 2 aliphatic carbocycles. The molecule has 1 aromatic rings. The molecule has 3 aliphatic rings. The van der Waals surface area contributed by atoms with E-state index in [2.05, 4.69) is 4.98 Å². The van der Waals surface area contributed by atoms with Crippen LogP contribution in [0.25, 0.3) is 5.70 Å². The van der Waals surface area contributed by atoms with E-state index in [0.29, 0.717) is 12.8 Å². The predicted octanol–water partition coefficient (Wildman–Crippen LogP) is 1.11. The van der Waals surface area contributed by atoms with Crippen LogP contribution in [-0.2, 0) is 0 Å². The van der Waals surface area contributed by atoms with Crippen molar-refractivity contribution in [2.24, 2.45) is 17.4 Å². The molecule has 0 spiro atoms. The minimum absolute atomic E-state index is 0.151. The Bertz CT molecular complexity index is 1010. The van der Waals surface area contributed by atoms with Gasteiger partial charge < -0.3 is 11.5 Å². The number of nitrogens with zero attached hydrogens (tertiary/aromatic N) is 2. The quantitative estimate of drug-likeness (QED) is 0.617. The van der Waals surface area contributed by atoms with Crippen LogP contribution in [0.4, 0.5) is 22.0 Å². The van der Waals surface area contributed by atoms with E-state index < -0.39 is 72.1 Å². The molecular formula is C18H22F5N5O2. The van der Waals surface area contributed by atoms with Gasteiger partial charge in [-0.3, -0.25) is 19.2 Å². The Balaban J connectivity index is 1.76. The summed E-state index contributed by atoms with van der Waals surface area (Å²) in [6, 6.07) is -3.76. The number of alkyl halides is 4. The Morgan fingerprint density at radius 1 is 1.20 bits per heavy atom. The van der Waals surface area contributed by atoms with Crippen LogP contribution in [0, 0.1) is 5.92 Å². The Morgan fingerprint density at radius 3 is 2.40 bits per heavy atom. The van der Waals surface area contributed by atoms with Gasteiger partial charge in [-0.15, -0.1) is 0 Å². The van der Waals surface area contributed by atoms with Gasteiger partial charge in [0, 0.05) is 36.7 Å². The first-order valence-corrected chi connectivity index (χ1v) is 9.68. The molecule has 7 nitrogen and oxygen atoms in total. The van der Waals surface area contributed by atoms with Gasteiger partial charge in [0.2, 0.25) is 0 Å². The van der Waals surface area contributed by atoms with Crippen molar-refractivity contribution in [1.82, 2.24) is 14.5 Å². The SMILES string of the molecule is CC1c2c(c(=O)[nH]c(=O)n2C2CC2)C(N)=C(F)C1N1CC(F)C(C(N)C(F)(F)F)C1. The Morgan fingerprint density at radius 2 is 1.83 bits per heavy atom. The fraction of sp³-hybridized carbons (Fsp3) is 0.667. The number of aromatic amines is 1. The molecule has 12 heteroatoms. The highest BCUT2D eigenvalue weighted by Gasteiger charge is 2.52. The van der Waals surface area contributed by atoms with Crippen LogP contribution >= 0.6 is 0 Å². The lowest BCUT2D eigenvalue weighted by atomic mass is 9.85. The molecule has 2 fully saturated rings. The van der Waals surface area contributed by atoms with Gasteiger partial charge in [-0.25, -0.2) is 13.6 Å². The number of hydrogen-bond acceptors (Lipinski definition) is 5.